The van der Waals surface area contributed by atoms with Crippen molar-refractivity contribution >= 4 is 24.3 Å². The molecule has 2 nitrogen and oxygen atoms in total. The molecular formula is C33H36O2Si. The van der Waals surface area contributed by atoms with Crippen molar-refractivity contribution in [2.45, 2.75) is 57.6 Å². The Bertz CT molecular complexity index is 1220. The van der Waals surface area contributed by atoms with Crippen LogP contribution >= 0.6 is 0 Å². The largest absolute Gasteiger partial charge is 0.396 e. The van der Waals surface area contributed by atoms with Crippen molar-refractivity contribution in [2.24, 2.45) is 0 Å². The van der Waals surface area contributed by atoms with Gasteiger partial charge in [-0.15, -0.1) is 5.73 Å². The highest BCUT2D eigenvalue weighted by Gasteiger charge is 2.49. The lowest BCUT2D eigenvalue weighted by atomic mass is 9.91. The zero-order chi connectivity index (χ0) is 25.4. The third kappa shape index (κ3) is 5.81. The average Bonchev–Trinajstić information content (AvgIpc) is 2.90. The molecule has 0 amide bonds. The Hall–Kier alpha value is -3.12. The first-order chi connectivity index (χ1) is 17.4. The number of benzene rings is 3. The molecule has 1 aliphatic rings. The molecule has 3 heteroatoms. The van der Waals surface area contributed by atoms with E-state index in [9.17, 15) is 5.11 Å². The van der Waals surface area contributed by atoms with E-state index in [1.807, 2.05) is 18.2 Å². The van der Waals surface area contributed by atoms with Crippen LogP contribution in [0.1, 0.15) is 52.0 Å². The predicted octanol–water partition coefficient (Wildman–Crippen LogP) is 6.11. The molecule has 0 aliphatic heterocycles. The van der Waals surface area contributed by atoms with Gasteiger partial charge in [0.1, 0.15) is 0 Å². The smallest absolute Gasteiger partial charge is 0.262 e. The number of aliphatic hydroxyl groups excluding tert-OH is 1. The lowest BCUT2D eigenvalue weighted by Crippen LogP contribution is -2.66. The Morgan fingerprint density at radius 1 is 0.861 bits per heavy atom. The fourth-order valence-electron chi connectivity index (χ4n) is 5.11. The molecular weight excluding hydrogens is 456 g/mol. The molecule has 1 aliphatic carbocycles. The number of aliphatic hydroxyl groups is 1. The van der Waals surface area contributed by atoms with Crippen molar-refractivity contribution < 1.29 is 9.53 Å². The molecule has 0 radical (unpaired) electrons. The first-order valence-corrected chi connectivity index (χ1v) is 14.8. The standard InChI is InChI=1S/C33H36O2Si/c1-33(2,3)36(30-20-9-5-10-21-30,31-22-11-6-12-23-31)35-25-15-19-28(27-16-7-4-8-17-27)26-29-18-13-14-24-32(29)34/h4-12,16-17,20-23,32,34H,13-14,18,24-25H2,1-3H3/t26?,32-/m1/s1. The second-order valence-corrected chi connectivity index (χ2v) is 14.7. The van der Waals surface area contributed by atoms with E-state index in [-0.39, 0.29) is 5.04 Å². The number of rotatable bonds is 5. The van der Waals surface area contributed by atoms with Gasteiger partial charge in [-0.05, 0) is 40.2 Å². The van der Waals surface area contributed by atoms with Gasteiger partial charge in [-0.3, -0.25) is 0 Å². The van der Waals surface area contributed by atoms with Crippen LogP contribution in [-0.2, 0) is 4.43 Å². The Balaban J connectivity index is 1.73. The van der Waals surface area contributed by atoms with Crippen LogP contribution in [0.4, 0.5) is 0 Å². The van der Waals surface area contributed by atoms with Crippen molar-refractivity contribution in [1.29, 1.82) is 0 Å². The van der Waals surface area contributed by atoms with Gasteiger partial charge < -0.3 is 9.53 Å². The van der Waals surface area contributed by atoms with Crippen LogP contribution < -0.4 is 10.4 Å². The van der Waals surface area contributed by atoms with Crippen molar-refractivity contribution in [3.05, 3.63) is 108 Å². The molecule has 1 atom stereocenters. The summed E-state index contributed by atoms with van der Waals surface area (Å²) in [6.45, 7) is 7.15. The Morgan fingerprint density at radius 3 is 1.94 bits per heavy atom. The van der Waals surface area contributed by atoms with Crippen LogP contribution in [0, 0.1) is 11.8 Å². The van der Waals surface area contributed by atoms with Crippen LogP contribution in [0.25, 0.3) is 5.57 Å². The zero-order valence-electron chi connectivity index (χ0n) is 21.6. The Labute approximate surface area is 217 Å². The molecule has 0 bridgehead atoms. The summed E-state index contributed by atoms with van der Waals surface area (Å²) < 4.78 is 6.93. The molecule has 4 rings (SSSR count). The summed E-state index contributed by atoms with van der Waals surface area (Å²) in [6.07, 6.45) is 3.40. The highest BCUT2D eigenvalue weighted by molar-refractivity contribution is 6.99. The minimum Gasteiger partial charge on any atom is -0.396 e. The van der Waals surface area contributed by atoms with Crippen molar-refractivity contribution in [2.75, 3.05) is 6.61 Å². The predicted molar refractivity (Wildman–Crippen MR) is 153 cm³/mol. The minimum atomic E-state index is -2.63. The van der Waals surface area contributed by atoms with Gasteiger partial charge >= 0.3 is 0 Å². The molecule has 1 N–H and O–H groups in total. The summed E-state index contributed by atoms with van der Waals surface area (Å²) in [5.74, 6) is 6.67. The molecule has 3 aromatic carbocycles. The van der Waals surface area contributed by atoms with Gasteiger partial charge in [-0.25, -0.2) is 0 Å². The van der Waals surface area contributed by atoms with Crippen molar-refractivity contribution in [3.63, 3.8) is 0 Å². The van der Waals surface area contributed by atoms with Gasteiger partial charge in [0.25, 0.3) is 8.32 Å². The molecule has 36 heavy (non-hydrogen) atoms. The highest BCUT2D eigenvalue weighted by Crippen LogP contribution is 2.36. The summed E-state index contributed by atoms with van der Waals surface area (Å²) in [5.41, 5.74) is 6.27. The van der Waals surface area contributed by atoms with Crippen LogP contribution in [-0.4, -0.2) is 26.1 Å². The maximum Gasteiger partial charge on any atom is 0.262 e. The second kappa shape index (κ2) is 11.7. The fourth-order valence-corrected chi connectivity index (χ4v) is 9.56. The maximum absolute atomic E-state index is 10.5. The first kappa shape index (κ1) is 26.0. The molecule has 1 saturated carbocycles. The van der Waals surface area contributed by atoms with Gasteiger partial charge in [0.05, 0.1) is 18.3 Å². The molecule has 0 aromatic heterocycles. The summed E-state index contributed by atoms with van der Waals surface area (Å²) in [6, 6.07) is 31.4. The van der Waals surface area contributed by atoms with Crippen molar-refractivity contribution in [1.82, 2.24) is 0 Å². The summed E-state index contributed by atoms with van der Waals surface area (Å²) in [7, 11) is -2.63. The van der Waals surface area contributed by atoms with Gasteiger partial charge in [-0.1, -0.05) is 130 Å². The zero-order valence-corrected chi connectivity index (χ0v) is 22.6. The summed E-state index contributed by atoms with van der Waals surface area (Å²) in [4.78, 5) is 0. The Morgan fingerprint density at radius 2 is 1.42 bits per heavy atom. The van der Waals surface area contributed by atoms with Crippen LogP contribution in [0.2, 0.25) is 5.04 Å². The first-order valence-electron chi connectivity index (χ1n) is 12.9. The van der Waals surface area contributed by atoms with E-state index < -0.39 is 14.4 Å². The van der Waals surface area contributed by atoms with Crippen molar-refractivity contribution in [3.8, 4) is 11.8 Å². The third-order valence-electron chi connectivity index (χ3n) is 6.91. The normalized spacial score (nSPS) is 16.0. The van der Waals surface area contributed by atoms with E-state index >= 15 is 0 Å². The molecule has 184 valence electrons. The van der Waals surface area contributed by atoms with Crippen LogP contribution in [0.15, 0.2) is 102 Å². The van der Waals surface area contributed by atoms with E-state index in [4.69, 9.17) is 4.43 Å². The highest BCUT2D eigenvalue weighted by atomic mass is 28.4. The lowest BCUT2D eigenvalue weighted by Gasteiger charge is -2.42. The molecule has 0 saturated heterocycles. The Kier molecular flexibility index (Phi) is 8.46. The van der Waals surface area contributed by atoms with E-state index in [2.05, 4.69) is 111 Å². The van der Waals surface area contributed by atoms with E-state index in [0.29, 0.717) is 6.61 Å². The molecule has 3 aromatic rings. The number of hydrogen-bond donors (Lipinski definition) is 1. The quantitative estimate of drug-likeness (QED) is 0.265. The second-order valence-electron chi connectivity index (χ2n) is 10.4. The van der Waals surface area contributed by atoms with E-state index in [0.717, 1.165) is 42.4 Å². The molecule has 1 fully saturated rings. The van der Waals surface area contributed by atoms with E-state index in [1.165, 1.54) is 10.4 Å². The minimum absolute atomic E-state index is 0.0936. The van der Waals surface area contributed by atoms with E-state index in [1.54, 1.807) is 0 Å². The van der Waals surface area contributed by atoms with Gasteiger partial charge in [-0.2, -0.15) is 0 Å². The number of hydrogen-bond acceptors (Lipinski definition) is 2. The van der Waals surface area contributed by atoms with Crippen LogP contribution in [0.3, 0.4) is 0 Å². The van der Waals surface area contributed by atoms with Gasteiger partial charge in [0.2, 0.25) is 0 Å². The fraction of sp³-hybridized carbons (Fsp3) is 0.303. The summed E-state index contributed by atoms with van der Waals surface area (Å²) in [5, 5.41) is 12.9. The third-order valence-corrected chi connectivity index (χ3v) is 11.9. The average molecular weight is 493 g/mol. The summed E-state index contributed by atoms with van der Waals surface area (Å²) >= 11 is 0. The molecule has 0 spiro atoms. The molecule has 0 unspecified atom stereocenters. The van der Waals surface area contributed by atoms with Crippen LogP contribution in [0.5, 0.6) is 0 Å². The molecule has 0 heterocycles. The SMILES string of the molecule is CC(C)(C)[Si](OCC#CC(=C=C1CCCC[C@H]1O)c1ccccc1)(c1ccccc1)c1ccccc1. The monoisotopic (exact) mass is 492 g/mol. The van der Waals surface area contributed by atoms with Gasteiger partial charge in [0, 0.05) is 5.57 Å². The maximum atomic E-state index is 10.5. The van der Waals surface area contributed by atoms with Gasteiger partial charge in [0.15, 0.2) is 0 Å². The topological polar surface area (TPSA) is 29.5 Å². The lowest BCUT2D eigenvalue weighted by molar-refractivity contribution is 0.179.